The van der Waals surface area contributed by atoms with Gasteiger partial charge in [0.05, 0.1) is 24.3 Å². The molecule has 0 aromatic heterocycles. The van der Waals surface area contributed by atoms with Gasteiger partial charge in [-0.3, -0.25) is 19.3 Å². The van der Waals surface area contributed by atoms with Crippen LogP contribution in [0.15, 0.2) is 72.8 Å². The van der Waals surface area contributed by atoms with Crippen LogP contribution in [0.1, 0.15) is 37.9 Å². The molecule has 3 aromatic carbocycles. The number of carbonyl (C=O) groups is 4. The number of rotatable bonds is 6. The summed E-state index contributed by atoms with van der Waals surface area (Å²) < 4.78 is 44.2. The van der Waals surface area contributed by atoms with Crippen LogP contribution < -0.4 is 9.64 Å². The van der Waals surface area contributed by atoms with Crippen LogP contribution in [0, 0.1) is 5.92 Å². The van der Waals surface area contributed by atoms with Crippen molar-refractivity contribution in [1.82, 2.24) is 0 Å². The Hall–Kier alpha value is -4.47. The molecule has 184 valence electrons. The van der Waals surface area contributed by atoms with Gasteiger partial charge in [-0.2, -0.15) is 13.2 Å². The van der Waals surface area contributed by atoms with Crippen LogP contribution in [0.25, 0.3) is 0 Å². The zero-order chi connectivity index (χ0) is 26.2. The van der Waals surface area contributed by atoms with Gasteiger partial charge >= 0.3 is 12.1 Å². The van der Waals surface area contributed by atoms with Gasteiger partial charge in [-0.15, -0.1) is 0 Å². The van der Waals surface area contributed by atoms with Crippen molar-refractivity contribution in [1.29, 1.82) is 0 Å². The van der Waals surface area contributed by atoms with Gasteiger partial charge in [0.25, 0.3) is 5.91 Å². The highest BCUT2D eigenvalue weighted by atomic mass is 19.4. The lowest BCUT2D eigenvalue weighted by Gasteiger charge is -2.27. The smallest absolute Gasteiger partial charge is 0.416 e. The molecule has 10 heteroatoms. The summed E-state index contributed by atoms with van der Waals surface area (Å²) in [5.41, 5.74) is -0.626. The van der Waals surface area contributed by atoms with Crippen molar-refractivity contribution < 1.29 is 42.2 Å². The molecule has 1 saturated heterocycles. The monoisotopic (exact) mass is 497 g/mol. The van der Waals surface area contributed by atoms with Crippen LogP contribution in [-0.4, -0.2) is 35.7 Å². The number of benzene rings is 3. The van der Waals surface area contributed by atoms with Crippen molar-refractivity contribution in [3.8, 4) is 5.75 Å². The van der Waals surface area contributed by atoms with Crippen molar-refractivity contribution in [3.63, 3.8) is 0 Å². The molecule has 1 aliphatic heterocycles. The van der Waals surface area contributed by atoms with E-state index in [1.54, 1.807) is 0 Å². The molecule has 1 aliphatic rings. The maximum absolute atomic E-state index is 13.4. The third-order valence-corrected chi connectivity index (χ3v) is 5.93. The number of anilines is 1. The van der Waals surface area contributed by atoms with E-state index in [1.807, 2.05) is 0 Å². The molecule has 0 spiro atoms. The van der Waals surface area contributed by atoms with Crippen molar-refractivity contribution in [2.45, 2.75) is 12.2 Å². The Balaban J connectivity index is 1.82. The molecule has 2 atom stereocenters. The number of carboxylic acids is 1. The molecular weight excluding hydrogens is 479 g/mol. The van der Waals surface area contributed by atoms with E-state index in [0.29, 0.717) is 5.75 Å². The van der Waals surface area contributed by atoms with Crippen LogP contribution in [0.2, 0.25) is 0 Å². The lowest BCUT2D eigenvalue weighted by Crippen LogP contribution is -2.30. The first-order valence-corrected chi connectivity index (χ1v) is 10.6. The van der Waals surface area contributed by atoms with Gasteiger partial charge in [0.1, 0.15) is 11.7 Å². The van der Waals surface area contributed by atoms with Gasteiger partial charge in [0, 0.05) is 11.3 Å². The quantitative estimate of drug-likeness (QED) is 0.304. The third kappa shape index (κ3) is 4.45. The number of alkyl halides is 3. The molecule has 0 saturated carbocycles. The summed E-state index contributed by atoms with van der Waals surface area (Å²) in [6, 6.07) is 13.6. The Labute approximate surface area is 202 Å². The molecule has 0 bridgehead atoms. The highest BCUT2D eigenvalue weighted by Gasteiger charge is 2.52. The summed E-state index contributed by atoms with van der Waals surface area (Å²) in [5, 5.41) is 9.20. The molecular formula is C26H18F3NO6. The Morgan fingerprint density at radius 2 is 1.42 bits per heavy atom. The lowest BCUT2D eigenvalue weighted by molar-refractivity contribution is -0.137. The molecule has 3 aromatic rings. The largest absolute Gasteiger partial charge is 0.497 e. The number of nitrogens with zero attached hydrogens (tertiary/aromatic N) is 1. The van der Waals surface area contributed by atoms with Crippen LogP contribution >= 0.6 is 0 Å². The fourth-order valence-electron chi connectivity index (χ4n) is 4.12. The van der Waals surface area contributed by atoms with E-state index in [2.05, 4.69) is 0 Å². The average Bonchev–Trinajstić information content (AvgIpc) is 3.13. The number of carboxylic acid groups (broad SMARTS) is 1. The molecule has 1 heterocycles. The summed E-state index contributed by atoms with van der Waals surface area (Å²) >= 11 is 0. The minimum absolute atomic E-state index is 0.0151. The number of carbonyl (C=O) groups excluding carboxylic acids is 3. The zero-order valence-electron chi connectivity index (χ0n) is 18.7. The van der Waals surface area contributed by atoms with Crippen LogP contribution in [-0.2, 0) is 15.8 Å². The summed E-state index contributed by atoms with van der Waals surface area (Å²) in [4.78, 5) is 51.9. The first kappa shape index (κ1) is 24.6. The van der Waals surface area contributed by atoms with Gasteiger partial charge in [-0.25, -0.2) is 4.79 Å². The van der Waals surface area contributed by atoms with Gasteiger partial charge in [0.2, 0.25) is 5.78 Å². The highest BCUT2D eigenvalue weighted by molar-refractivity contribution is 6.49. The van der Waals surface area contributed by atoms with Gasteiger partial charge < -0.3 is 9.84 Å². The van der Waals surface area contributed by atoms with E-state index in [9.17, 15) is 37.5 Å². The third-order valence-electron chi connectivity index (χ3n) is 5.93. The predicted molar refractivity (Wildman–Crippen MR) is 121 cm³/mol. The zero-order valence-corrected chi connectivity index (χ0v) is 18.7. The fraction of sp³-hybridized carbons (Fsp3) is 0.154. The molecule has 4 rings (SSSR count). The van der Waals surface area contributed by atoms with E-state index in [4.69, 9.17) is 4.74 Å². The molecule has 1 amide bonds. The molecule has 1 fully saturated rings. The number of halogens is 3. The first-order chi connectivity index (χ1) is 17.0. The molecule has 2 unspecified atom stereocenters. The molecule has 7 nitrogen and oxygen atoms in total. The maximum Gasteiger partial charge on any atom is 0.416 e. The maximum atomic E-state index is 13.4. The molecule has 0 aliphatic carbocycles. The number of methoxy groups -OCH3 is 1. The van der Waals surface area contributed by atoms with Crippen LogP contribution in [0.3, 0.4) is 0 Å². The van der Waals surface area contributed by atoms with E-state index in [-0.39, 0.29) is 22.4 Å². The fourth-order valence-corrected chi connectivity index (χ4v) is 4.12. The number of amides is 1. The Morgan fingerprint density at radius 3 is 1.92 bits per heavy atom. The number of aromatic carboxylic acids is 1. The second-order valence-electron chi connectivity index (χ2n) is 8.03. The topological polar surface area (TPSA) is 101 Å². The predicted octanol–water partition coefficient (Wildman–Crippen LogP) is 4.57. The van der Waals surface area contributed by atoms with Crippen molar-refractivity contribution in [2.24, 2.45) is 5.92 Å². The Bertz CT molecular complexity index is 1330. The number of hydrogen-bond acceptors (Lipinski definition) is 5. The van der Waals surface area contributed by atoms with E-state index >= 15 is 0 Å². The summed E-state index contributed by atoms with van der Waals surface area (Å²) in [5.74, 6) is -5.00. The summed E-state index contributed by atoms with van der Waals surface area (Å²) in [6.07, 6.45) is -4.61. The second-order valence-corrected chi connectivity index (χ2v) is 8.03. The molecule has 1 N–H and O–H groups in total. The van der Waals surface area contributed by atoms with E-state index < -0.39 is 47.1 Å². The minimum Gasteiger partial charge on any atom is -0.497 e. The number of hydrogen-bond donors (Lipinski definition) is 1. The second kappa shape index (κ2) is 9.29. The van der Waals surface area contributed by atoms with Gasteiger partial charge in [-0.1, -0.05) is 12.1 Å². The SMILES string of the molecule is COc1ccc(C(=O)C2C(=O)C(=O)N(c3ccc(C(F)(F)F)cc3)C2c2ccc(C(=O)O)cc2)cc1. The highest BCUT2D eigenvalue weighted by Crippen LogP contribution is 2.42. The van der Waals surface area contributed by atoms with Crippen molar-refractivity contribution in [3.05, 3.63) is 95.1 Å². The van der Waals surface area contributed by atoms with Crippen LogP contribution in [0.5, 0.6) is 5.75 Å². The Kier molecular flexibility index (Phi) is 6.36. The normalized spacial score (nSPS) is 17.8. The Morgan fingerprint density at radius 1 is 0.861 bits per heavy atom. The van der Waals surface area contributed by atoms with E-state index in [0.717, 1.165) is 29.2 Å². The van der Waals surface area contributed by atoms with E-state index in [1.165, 1.54) is 55.6 Å². The molecule has 36 heavy (non-hydrogen) atoms. The summed E-state index contributed by atoms with van der Waals surface area (Å²) in [7, 11) is 1.44. The van der Waals surface area contributed by atoms with Gasteiger partial charge in [0.15, 0.2) is 5.78 Å². The van der Waals surface area contributed by atoms with Gasteiger partial charge in [-0.05, 0) is 66.2 Å². The standard InChI is InChI=1S/C26H18F3NO6/c1-36-19-12-6-15(7-13-19)22(31)20-21(14-2-4-16(5-3-14)25(34)35)30(24(33)23(20)32)18-10-8-17(9-11-18)26(27,28)29/h2-13,20-21H,1H3,(H,34,35). The lowest BCUT2D eigenvalue weighted by atomic mass is 9.86. The number of Topliss-reactive ketones (excluding diaryl/α,β-unsaturated/α-hetero) is 2. The number of ketones is 2. The summed E-state index contributed by atoms with van der Waals surface area (Å²) in [6.45, 7) is 0. The number of ether oxygens (including phenoxy) is 1. The minimum atomic E-state index is -4.61. The average molecular weight is 497 g/mol. The van der Waals surface area contributed by atoms with Crippen molar-refractivity contribution in [2.75, 3.05) is 12.0 Å². The van der Waals surface area contributed by atoms with Crippen LogP contribution in [0.4, 0.5) is 18.9 Å². The van der Waals surface area contributed by atoms with Crippen molar-refractivity contribution >= 4 is 29.1 Å². The first-order valence-electron chi connectivity index (χ1n) is 10.6. The molecule has 0 radical (unpaired) electrons.